The summed E-state index contributed by atoms with van der Waals surface area (Å²) in [4.78, 5) is 34.9. The highest BCUT2D eigenvalue weighted by molar-refractivity contribution is 5.96. The summed E-state index contributed by atoms with van der Waals surface area (Å²) in [7, 11) is 1.28. The van der Waals surface area contributed by atoms with Gasteiger partial charge in [-0.3, -0.25) is 14.9 Å². The fourth-order valence-corrected chi connectivity index (χ4v) is 2.63. The molecule has 158 valence electrons. The first-order valence-electron chi connectivity index (χ1n) is 9.09. The zero-order chi connectivity index (χ0) is 22.2. The van der Waals surface area contributed by atoms with Gasteiger partial charge in [0.25, 0.3) is 5.91 Å². The third-order valence-electron chi connectivity index (χ3n) is 4.08. The number of carbonyl (C=O) groups is 2. The predicted octanol–water partition coefficient (Wildman–Crippen LogP) is 4.19. The van der Waals surface area contributed by atoms with Gasteiger partial charge in [-0.1, -0.05) is 30.3 Å². The molecule has 3 rings (SSSR count). The van der Waals surface area contributed by atoms with E-state index >= 15 is 0 Å². The van der Waals surface area contributed by atoms with Gasteiger partial charge < -0.3 is 19.5 Å². The van der Waals surface area contributed by atoms with E-state index in [1.54, 1.807) is 36.4 Å². The lowest BCUT2D eigenvalue weighted by Crippen LogP contribution is -2.21. The Morgan fingerprint density at radius 2 is 1.68 bits per heavy atom. The lowest BCUT2D eigenvalue weighted by molar-refractivity contribution is -0.385. The third kappa shape index (κ3) is 5.57. The molecule has 0 atom stereocenters. The number of ether oxygens (including phenoxy) is 3. The second-order valence-corrected chi connectivity index (χ2v) is 6.18. The largest absolute Gasteiger partial charge is 0.490 e. The molecule has 9 nitrogen and oxygen atoms in total. The van der Waals surface area contributed by atoms with Crippen LogP contribution in [0.1, 0.15) is 10.4 Å². The normalized spacial score (nSPS) is 10.1. The second-order valence-electron chi connectivity index (χ2n) is 6.18. The molecular weight excluding hydrogens is 404 g/mol. The average Bonchev–Trinajstić information content (AvgIpc) is 2.79. The molecule has 0 bridgehead atoms. The Kier molecular flexibility index (Phi) is 6.79. The van der Waals surface area contributed by atoms with Crippen molar-refractivity contribution in [2.24, 2.45) is 0 Å². The SMILES string of the molecule is COc1ccc(C(=O)OCC(=O)Nc2ccccc2Oc2ccccc2)cc1[N+](=O)[O-]. The highest BCUT2D eigenvalue weighted by Gasteiger charge is 2.19. The summed E-state index contributed by atoms with van der Waals surface area (Å²) in [5.41, 5.74) is -0.0611. The van der Waals surface area contributed by atoms with Gasteiger partial charge in [-0.2, -0.15) is 0 Å². The molecule has 0 heterocycles. The van der Waals surface area contributed by atoms with Crippen LogP contribution in [0.15, 0.2) is 72.8 Å². The van der Waals surface area contributed by atoms with Crippen molar-refractivity contribution in [1.29, 1.82) is 0 Å². The average molecular weight is 422 g/mol. The highest BCUT2D eigenvalue weighted by atomic mass is 16.6. The van der Waals surface area contributed by atoms with Crippen molar-refractivity contribution >= 4 is 23.3 Å². The van der Waals surface area contributed by atoms with Crippen molar-refractivity contribution in [3.05, 3.63) is 88.5 Å². The first-order valence-corrected chi connectivity index (χ1v) is 9.09. The fraction of sp³-hybridized carbons (Fsp3) is 0.0909. The number of nitrogens with zero attached hydrogens (tertiary/aromatic N) is 1. The van der Waals surface area contributed by atoms with Crippen LogP contribution >= 0.6 is 0 Å². The molecule has 0 aromatic heterocycles. The molecule has 3 aromatic rings. The molecule has 0 unspecified atom stereocenters. The van der Waals surface area contributed by atoms with Crippen molar-refractivity contribution in [2.75, 3.05) is 19.0 Å². The van der Waals surface area contributed by atoms with E-state index in [4.69, 9.17) is 14.2 Å². The summed E-state index contributed by atoms with van der Waals surface area (Å²) in [6, 6.07) is 19.5. The maximum Gasteiger partial charge on any atom is 0.338 e. The molecule has 0 saturated heterocycles. The van der Waals surface area contributed by atoms with Crippen molar-refractivity contribution < 1.29 is 28.7 Å². The lowest BCUT2D eigenvalue weighted by Gasteiger charge is -2.12. The molecule has 9 heteroatoms. The number of rotatable bonds is 8. The summed E-state index contributed by atoms with van der Waals surface area (Å²) in [6.45, 7) is -0.585. The van der Waals surface area contributed by atoms with Crippen LogP contribution in [0.5, 0.6) is 17.2 Å². The Morgan fingerprint density at radius 3 is 2.39 bits per heavy atom. The molecule has 0 radical (unpaired) electrons. The molecular formula is C22H18N2O7. The van der Waals surface area contributed by atoms with E-state index in [2.05, 4.69) is 5.32 Å². The number of methoxy groups -OCH3 is 1. The molecule has 31 heavy (non-hydrogen) atoms. The van der Waals surface area contributed by atoms with Gasteiger partial charge in [-0.15, -0.1) is 0 Å². The number of nitrogens with one attached hydrogen (secondary N) is 1. The first-order chi connectivity index (χ1) is 15.0. The zero-order valence-electron chi connectivity index (χ0n) is 16.4. The Bertz CT molecular complexity index is 1100. The van der Waals surface area contributed by atoms with E-state index in [-0.39, 0.29) is 17.0 Å². The van der Waals surface area contributed by atoms with E-state index < -0.39 is 23.4 Å². The quantitative estimate of drug-likeness (QED) is 0.329. The molecule has 0 spiro atoms. The summed E-state index contributed by atoms with van der Waals surface area (Å²) in [5.74, 6) is -0.458. The minimum Gasteiger partial charge on any atom is -0.490 e. The third-order valence-corrected chi connectivity index (χ3v) is 4.08. The Morgan fingerprint density at radius 1 is 0.968 bits per heavy atom. The lowest BCUT2D eigenvalue weighted by atomic mass is 10.2. The monoisotopic (exact) mass is 422 g/mol. The van der Waals surface area contributed by atoms with Gasteiger partial charge in [0.1, 0.15) is 5.75 Å². The van der Waals surface area contributed by atoms with Gasteiger partial charge in [0, 0.05) is 6.07 Å². The van der Waals surface area contributed by atoms with E-state index in [1.807, 2.05) is 18.2 Å². The number of hydrogen-bond donors (Lipinski definition) is 1. The first kappa shape index (κ1) is 21.3. The van der Waals surface area contributed by atoms with Gasteiger partial charge in [-0.05, 0) is 36.4 Å². The van der Waals surface area contributed by atoms with Gasteiger partial charge in [-0.25, -0.2) is 4.79 Å². The molecule has 0 aliphatic heterocycles. The summed E-state index contributed by atoms with van der Waals surface area (Å²) >= 11 is 0. The molecule has 0 aliphatic carbocycles. The minimum atomic E-state index is -0.880. The number of benzene rings is 3. The Balaban J connectivity index is 1.63. The van der Waals surface area contributed by atoms with Crippen molar-refractivity contribution in [3.8, 4) is 17.2 Å². The maximum absolute atomic E-state index is 12.3. The van der Waals surface area contributed by atoms with Crippen LogP contribution in [0.25, 0.3) is 0 Å². The van der Waals surface area contributed by atoms with Crippen molar-refractivity contribution in [3.63, 3.8) is 0 Å². The molecule has 1 N–H and O–H groups in total. The van der Waals surface area contributed by atoms with Gasteiger partial charge in [0.05, 0.1) is 23.3 Å². The molecule has 0 fully saturated rings. The number of nitro groups is 1. The number of amides is 1. The molecule has 3 aromatic carbocycles. The molecule has 0 aliphatic rings. The summed E-state index contributed by atoms with van der Waals surface area (Å²) in [5, 5.41) is 13.7. The van der Waals surface area contributed by atoms with Crippen molar-refractivity contribution in [2.45, 2.75) is 0 Å². The van der Waals surface area contributed by atoms with E-state index in [9.17, 15) is 19.7 Å². The van der Waals surface area contributed by atoms with Crippen LogP contribution in [0.4, 0.5) is 11.4 Å². The number of hydrogen-bond acceptors (Lipinski definition) is 7. The molecule has 0 saturated carbocycles. The van der Waals surface area contributed by atoms with Crippen LogP contribution in [0, 0.1) is 10.1 Å². The summed E-state index contributed by atoms with van der Waals surface area (Å²) in [6.07, 6.45) is 0. The number of para-hydroxylation sites is 3. The highest BCUT2D eigenvalue weighted by Crippen LogP contribution is 2.29. The van der Waals surface area contributed by atoms with Crippen molar-refractivity contribution in [1.82, 2.24) is 0 Å². The summed E-state index contributed by atoms with van der Waals surface area (Å²) < 4.78 is 15.6. The smallest absolute Gasteiger partial charge is 0.338 e. The zero-order valence-corrected chi connectivity index (χ0v) is 16.4. The second kappa shape index (κ2) is 9.88. The van der Waals surface area contributed by atoms with Gasteiger partial charge in [0.15, 0.2) is 18.1 Å². The standard InChI is InChI=1S/C22H18N2O7/c1-29-20-12-11-15(13-18(20)24(27)28)22(26)30-14-21(25)23-17-9-5-6-10-19(17)31-16-7-3-2-4-8-16/h2-13H,14H2,1H3,(H,23,25). The van der Waals surface area contributed by atoms with Crippen LogP contribution in [-0.4, -0.2) is 30.5 Å². The van der Waals surface area contributed by atoms with Crippen LogP contribution in [0.2, 0.25) is 0 Å². The number of esters is 1. The van der Waals surface area contributed by atoms with Gasteiger partial charge >= 0.3 is 11.7 Å². The number of anilines is 1. The van der Waals surface area contributed by atoms with Crippen LogP contribution in [0.3, 0.4) is 0 Å². The molecule has 1 amide bonds. The van der Waals surface area contributed by atoms with E-state index in [0.29, 0.717) is 17.2 Å². The van der Waals surface area contributed by atoms with Crippen LogP contribution < -0.4 is 14.8 Å². The minimum absolute atomic E-state index is 0.00863. The van der Waals surface area contributed by atoms with Gasteiger partial charge in [0.2, 0.25) is 0 Å². The van der Waals surface area contributed by atoms with E-state index in [1.165, 1.54) is 19.2 Å². The predicted molar refractivity (Wildman–Crippen MR) is 112 cm³/mol. The van der Waals surface area contributed by atoms with E-state index in [0.717, 1.165) is 6.07 Å². The maximum atomic E-state index is 12.3. The topological polar surface area (TPSA) is 117 Å². The fourth-order valence-electron chi connectivity index (χ4n) is 2.63. The van der Waals surface area contributed by atoms with Crippen LogP contribution in [-0.2, 0) is 9.53 Å². The number of nitro benzene ring substituents is 1. The number of carbonyl (C=O) groups excluding carboxylic acids is 2. The Hall–Kier alpha value is -4.40. The Labute approximate surface area is 177 Å².